The zero-order chi connectivity index (χ0) is 23.4. The van der Waals surface area contributed by atoms with Crippen molar-refractivity contribution in [1.82, 2.24) is 14.7 Å². The lowest BCUT2D eigenvalue weighted by Gasteiger charge is -2.44. The monoisotopic (exact) mass is 486 g/mol. The highest BCUT2D eigenvalue weighted by Gasteiger charge is 2.37. The van der Waals surface area contributed by atoms with E-state index in [-0.39, 0.29) is 17.0 Å². The molecule has 1 unspecified atom stereocenters. The number of likely N-dealkylation sites (tertiary alicyclic amines) is 1. The molecule has 4 aliphatic rings. The molecule has 1 saturated heterocycles. The van der Waals surface area contributed by atoms with E-state index < -0.39 is 15.9 Å². The van der Waals surface area contributed by atoms with Crippen LogP contribution in [-0.4, -0.2) is 63.9 Å². The Morgan fingerprint density at radius 3 is 2.59 bits per heavy atom. The molecule has 3 N–H and O–H groups in total. The van der Waals surface area contributed by atoms with Crippen molar-refractivity contribution >= 4 is 21.6 Å². The predicted molar refractivity (Wildman–Crippen MR) is 126 cm³/mol. The normalized spacial score (nSPS) is 23.3. The van der Waals surface area contributed by atoms with Gasteiger partial charge in [-0.25, -0.2) is 18.8 Å². The molecule has 1 aromatic carbocycles. The third kappa shape index (κ3) is 3.71. The first-order chi connectivity index (χ1) is 16.4. The number of nitrogens with one attached hydrogen (secondary N) is 1. The smallest absolute Gasteiger partial charge is 0.354 e. The van der Waals surface area contributed by atoms with Crippen LogP contribution in [0.15, 0.2) is 21.5 Å². The minimum atomic E-state index is -3.53. The number of nitrogens with zero attached hydrogens (tertiary/aromatic N) is 4. The van der Waals surface area contributed by atoms with Crippen molar-refractivity contribution in [3.8, 4) is 5.88 Å². The maximum Gasteiger partial charge on any atom is 0.354 e. The molecule has 2 aliphatic heterocycles. The van der Waals surface area contributed by atoms with Gasteiger partial charge >= 0.3 is 6.03 Å². The number of carbonyl (C=O) groups is 1. The highest BCUT2D eigenvalue weighted by atomic mass is 32.2. The molecule has 0 saturated carbocycles. The molecule has 2 atom stereocenters. The Morgan fingerprint density at radius 1 is 1.21 bits per heavy atom. The van der Waals surface area contributed by atoms with Crippen molar-refractivity contribution in [3.63, 3.8) is 0 Å². The minimum Gasteiger partial charge on any atom is -0.475 e. The Labute approximate surface area is 199 Å². The van der Waals surface area contributed by atoms with Crippen LogP contribution in [0, 0.1) is 0 Å². The van der Waals surface area contributed by atoms with Crippen molar-refractivity contribution in [2.24, 2.45) is 9.50 Å². The van der Waals surface area contributed by atoms with Crippen LogP contribution in [0.2, 0.25) is 0 Å². The Bertz CT molecular complexity index is 1240. The second kappa shape index (κ2) is 8.33. The number of hydrogen-bond donors (Lipinski definition) is 2. The van der Waals surface area contributed by atoms with E-state index in [0.717, 1.165) is 57.3 Å². The van der Waals surface area contributed by atoms with E-state index in [9.17, 15) is 9.00 Å². The van der Waals surface area contributed by atoms with Gasteiger partial charge in [0.2, 0.25) is 5.88 Å². The van der Waals surface area contributed by atoms with E-state index >= 15 is 0 Å². The quantitative estimate of drug-likeness (QED) is 0.680. The van der Waals surface area contributed by atoms with Gasteiger partial charge in [0.1, 0.15) is 11.5 Å². The number of anilines is 1. The molecular weight excluding hydrogens is 456 g/mol. The van der Waals surface area contributed by atoms with Gasteiger partial charge in [-0.2, -0.15) is 5.10 Å². The van der Waals surface area contributed by atoms with Crippen LogP contribution in [0.3, 0.4) is 0 Å². The molecule has 2 aliphatic carbocycles. The third-order valence-electron chi connectivity index (χ3n) is 7.52. The first kappa shape index (κ1) is 22.0. The van der Waals surface area contributed by atoms with Crippen LogP contribution < -0.4 is 15.2 Å². The summed E-state index contributed by atoms with van der Waals surface area (Å²) in [5.74, 6) is 0.325. The Kier molecular flexibility index (Phi) is 5.40. The summed E-state index contributed by atoms with van der Waals surface area (Å²) in [5.41, 5.74) is 5.83. The van der Waals surface area contributed by atoms with Gasteiger partial charge in [-0.15, -0.1) is 4.36 Å². The van der Waals surface area contributed by atoms with Gasteiger partial charge in [0.15, 0.2) is 9.92 Å². The number of fused-ring (bicyclic) bond motifs is 3. The van der Waals surface area contributed by atoms with Crippen molar-refractivity contribution in [1.29, 1.82) is 0 Å². The number of rotatable bonds is 4. The molecule has 0 bridgehead atoms. The second-order valence-electron chi connectivity index (χ2n) is 9.60. The number of nitrogens with two attached hydrogens (primary N) is 1. The largest absolute Gasteiger partial charge is 0.475 e. The van der Waals surface area contributed by atoms with Gasteiger partial charge in [0.25, 0.3) is 0 Å². The van der Waals surface area contributed by atoms with Gasteiger partial charge in [-0.1, -0.05) is 6.07 Å². The van der Waals surface area contributed by atoms with Gasteiger partial charge in [-0.3, -0.25) is 4.90 Å². The number of ether oxygens (including phenoxy) is 2. The summed E-state index contributed by atoms with van der Waals surface area (Å²) in [6.07, 6.45) is 7.74. The minimum absolute atomic E-state index is 0.156. The Hall–Kier alpha value is -2.47. The number of hydrogen-bond acceptors (Lipinski definition) is 6. The summed E-state index contributed by atoms with van der Waals surface area (Å²) < 4.78 is 30.2. The van der Waals surface area contributed by atoms with E-state index in [1.807, 2.05) is 0 Å². The van der Waals surface area contributed by atoms with E-state index in [4.69, 9.17) is 14.6 Å². The number of aromatic nitrogens is 2. The number of methoxy groups -OCH3 is 1. The van der Waals surface area contributed by atoms with Crippen molar-refractivity contribution in [2.75, 3.05) is 32.1 Å². The fraction of sp³-hybridized carbons (Fsp3) is 0.565. The number of amides is 2. The SMILES string of the molecule is COC1CN([C@H]2COc3c(S(N)(=O)=NC(=O)Nc4c5c(cc6c4CCC6)CCC5)cnn3C2)C1. The van der Waals surface area contributed by atoms with Gasteiger partial charge < -0.3 is 14.8 Å². The van der Waals surface area contributed by atoms with Crippen LogP contribution in [0.5, 0.6) is 5.88 Å². The average molecular weight is 487 g/mol. The molecule has 1 fully saturated rings. The second-order valence-corrected chi connectivity index (χ2v) is 11.4. The van der Waals surface area contributed by atoms with Crippen LogP contribution in [-0.2, 0) is 46.9 Å². The van der Waals surface area contributed by atoms with E-state index in [1.54, 1.807) is 11.8 Å². The van der Waals surface area contributed by atoms with Gasteiger partial charge in [0.05, 0.1) is 24.9 Å². The summed E-state index contributed by atoms with van der Waals surface area (Å²) in [6.45, 7) is 2.73. The molecule has 2 amide bonds. The Morgan fingerprint density at radius 2 is 1.91 bits per heavy atom. The molecule has 6 rings (SSSR count). The van der Waals surface area contributed by atoms with E-state index in [2.05, 4.69) is 25.7 Å². The summed E-state index contributed by atoms with van der Waals surface area (Å²) in [6, 6.07) is 1.76. The molecule has 0 radical (unpaired) electrons. The maximum absolute atomic E-state index is 13.3. The van der Waals surface area contributed by atoms with Gasteiger partial charge in [0, 0.05) is 25.9 Å². The molecule has 10 nitrogen and oxygen atoms in total. The highest BCUT2D eigenvalue weighted by Crippen LogP contribution is 2.39. The molecule has 3 heterocycles. The fourth-order valence-electron chi connectivity index (χ4n) is 5.67. The number of carbonyl (C=O) groups excluding carboxylic acids is 1. The summed E-state index contributed by atoms with van der Waals surface area (Å²) in [5, 5.41) is 13.4. The average Bonchev–Trinajstić information content (AvgIpc) is 3.51. The Balaban J connectivity index is 1.23. The van der Waals surface area contributed by atoms with Crippen LogP contribution >= 0.6 is 0 Å². The number of urea groups is 1. The van der Waals surface area contributed by atoms with Gasteiger partial charge in [-0.05, 0) is 60.8 Å². The summed E-state index contributed by atoms with van der Waals surface area (Å²) >= 11 is 0. The standard InChI is InChI=1S/C23H30N6O4S/c1-32-17-11-28(12-17)16-10-29-22(33-13-16)20(9-25-29)34(24,31)27-23(30)26-21-18-6-2-4-14(18)8-15-5-3-7-19(15)21/h8-9,16-17H,2-7,10-13H2,1H3,(H3,24,26,27,30,31)/t16-,34?/m1/s1. The molecular formula is C23H30N6O4S. The van der Waals surface area contributed by atoms with E-state index in [1.165, 1.54) is 28.5 Å². The molecule has 182 valence electrons. The lowest BCUT2D eigenvalue weighted by molar-refractivity contribution is -0.0687. The van der Waals surface area contributed by atoms with Crippen LogP contribution in [0.25, 0.3) is 0 Å². The number of benzene rings is 1. The zero-order valence-electron chi connectivity index (χ0n) is 19.3. The molecule has 0 spiro atoms. The zero-order valence-corrected chi connectivity index (χ0v) is 20.1. The maximum atomic E-state index is 13.3. The van der Waals surface area contributed by atoms with Crippen LogP contribution in [0.1, 0.15) is 35.1 Å². The topological polar surface area (TPSA) is 124 Å². The first-order valence-electron chi connectivity index (χ1n) is 11.9. The fourth-order valence-corrected chi connectivity index (χ4v) is 6.67. The lowest BCUT2D eigenvalue weighted by Crippen LogP contribution is -2.59. The summed E-state index contributed by atoms with van der Waals surface area (Å²) in [7, 11) is -1.81. The first-order valence-corrected chi connectivity index (χ1v) is 13.5. The molecule has 34 heavy (non-hydrogen) atoms. The summed E-state index contributed by atoms with van der Waals surface area (Å²) in [4.78, 5) is 15.3. The third-order valence-corrected chi connectivity index (χ3v) is 8.87. The highest BCUT2D eigenvalue weighted by molar-refractivity contribution is 7.91. The van der Waals surface area contributed by atoms with Crippen molar-refractivity contribution < 1.29 is 18.5 Å². The van der Waals surface area contributed by atoms with E-state index in [0.29, 0.717) is 19.0 Å². The molecule has 1 aromatic heterocycles. The number of aryl methyl sites for hydroxylation is 2. The molecule has 2 aromatic rings. The van der Waals surface area contributed by atoms with Crippen LogP contribution in [0.4, 0.5) is 10.5 Å². The lowest BCUT2D eigenvalue weighted by atomic mass is 9.99. The predicted octanol–water partition coefficient (Wildman–Crippen LogP) is 1.88. The van der Waals surface area contributed by atoms with Crippen molar-refractivity contribution in [3.05, 3.63) is 34.5 Å². The molecule has 11 heteroatoms. The van der Waals surface area contributed by atoms with Crippen molar-refractivity contribution in [2.45, 2.75) is 62.1 Å².